The van der Waals surface area contributed by atoms with Crippen molar-refractivity contribution in [1.29, 1.82) is 5.26 Å². The van der Waals surface area contributed by atoms with Gasteiger partial charge in [0.2, 0.25) is 5.91 Å². The van der Waals surface area contributed by atoms with Crippen molar-refractivity contribution in [2.24, 2.45) is 0 Å². The Labute approximate surface area is 120 Å². The van der Waals surface area contributed by atoms with Gasteiger partial charge < -0.3 is 9.64 Å². The van der Waals surface area contributed by atoms with Crippen molar-refractivity contribution in [2.45, 2.75) is 37.7 Å². The number of anilines is 1. The van der Waals surface area contributed by atoms with E-state index in [2.05, 4.69) is 6.07 Å². The molecule has 0 aliphatic heterocycles. The summed E-state index contributed by atoms with van der Waals surface area (Å²) in [5.74, 6) is 0.0352. The third-order valence-corrected chi connectivity index (χ3v) is 3.99. The van der Waals surface area contributed by atoms with E-state index in [0.717, 1.165) is 24.9 Å². The van der Waals surface area contributed by atoms with Crippen LogP contribution in [0, 0.1) is 11.3 Å². The van der Waals surface area contributed by atoms with Crippen molar-refractivity contribution in [3.8, 4) is 6.07 Å². The normalized spacial score (nSPS) is 16.0. The molecule has 1 aliphatic rings. The van der Waals surface area contributed by atoms with Crippen LogP contribution in [0.25, 0.3) is 0 Å². The maximum atomic E-state index is 12.6. The summed E-state index contributed by atoms with van der Waals surface area (Å²) < 4.78 is 5.52. The highest BCUT2D eigenvalue weighted by molar-refractivity contribution is 5.94. The average Bonchev–Trinajstić information content (AvgIpc) is 2.44. The molecule has 1 saturated carbocycles. The molecule has 1 aliphatic carbocycles. The van der Waals surface area contributed by atoms with Crippen molar-refractivity contribution in [2.75, 3.05) is 18.6 Å². The summed E-state index contributed by atoms with van der Waals surface area (Å²) in [7, 11) is 1.68. The zero-order valence-corrected chi connectivity index (χ0v) is 11.8. The van der Waals surface area contributed by atoms with Gasteiger partial charge in [0, 0.05) is 19.3 Å². The van der Waals surface area contributed by atoms with Gasteiger partial charge >= 0.3 is 0 Å². The Morgan fingerprint density at radius 1 is 1.40 bits per heavy atom. The Morgan fingerprint density at radius 2 is 2.10 bits per heavy atom. The highest BCUT2D eigenvalue weighted by atomic mass is 16.5. The molecule has 1 amide bonds. The summed E-state index contributed by atoms with van der Waals surface area (Å²) in [4.78, 5) is 14.3. The summed E-state index contributed by atoms with van der Waals surface area (Å²) in [6.07, 6.45) is 3.72. The minimum atomic E-state index is -0.281. The molecule has 0 atom stereocenters. The lowest BCUT2D eigenvalue weighted by molar-refractivity contribution is -0.131. The van der Waals surface area contributed by atoms with Crippen LogP contribution >= 0.6 is 0 Å². The van der Waals surface area contributed by atoms with E-state index in [9.17, 15) is 4.79 Å². The number of hydrogen-bond donors (Lipinski definition) is 0. The number of benzene rings is 1. The number of hydrogen-bond acceptors (Lipinski definition) is 3. The van der Waals surface area contributed by atoms with E-state index < -0.39 is 0 Å². The minimum Gasteiger partial charge on any atom is -0.378 e. The fourth-order valence-electron chi connectivity index (χ4n) is 2.56. The Morgan fingerprint density at radius 3 is 2.60 bits per heavy atom. The average molecular weight is 272 g/mol. The summed E-state index contributed by atoms with van der Waals surface area (Å²) in [6.45, 7) is 0.430. The summed E-state index contributed by atoms with van der Waals surface area (Å²) in [5, 5.41) is 8.77. The molecule has 0 bridgehead atoms. The van der Waals surface area contributed by atoms with Crippen LogP contribution in [-0.2, 0) is 9.53 Å². The highest BCUT2D eigenvalue weighted by Crippen LogP contribution is 2.38. The third-order valence-electron chi connectivity index (χ3n) is 3.99. The minimum absolute atomic E-state index is 0.0352. The summed E-state index contributed by atoms with van der Waals surface area (Å²) in [5.41, 5.74) is 0.565. The van der Waals surface area contributed by atoms with Gasteiger partial charge in [0.15, 0.2) is 0 Å². The lowest BCUT2D eigenvalue weighted by Gasteiger charge is -2.41. The summed E-state index contributed by atoms with van der Waals surface area (Å²) >= 11 is 0. The van der Waals surface area contributed by atoms with Crippen LogP contribution in [0.2, 0.25) is 0 Å². The molecule has 0 aromatic heterocycles. The molecule has 106 valence electrons. The van der Waals surface area contributed by atoms with Crippen LogP contribution < -0.4 is 4.90 Å². The zero-order chi connectivity index (χ0) is 14.4. The zero-order valence-electron chi connectivity index (χ0n) is 11.8. The Balaban J connectivity index is 2.10. The molecule has 1 aromatic carbocycles. The fourth-order valence-corrected chi connectivity index (χ4v) is 2.56. The lowest BCUT2D eigenvalue weighted by Crippen LogP contribution is -2.45. The molecule has 0 radical (unpaired) electrons. The smallest absolute Gasteiger partial charge is 0.229 e. The molecule has 0 saturated heterocycles. The van der Waals surface area contributed by atoms with E-state index >= 15 is 0 Å². The van der Waals surface area contributed by atoms with E-state index in [4.69, 9.17) is 10.00 Å². The quantitative estimate of drug-likeness (QED) is 0.800. The molecule has 4 nitrogen and oxygen atoms in total. The van der Waals surface area contributed by atoms with Gasteiger partial charge in [-0.25, -0.2) is 0 Å². The van der Waals surface area contributed by atoms with Gasteiger partial charge in [0.1, 0.15) is 0 Å². The van der Waals surface area contributed by atoms with Crippen molar-refractivity contribution < 1.29 is 9.53 Å². The molecule has 0 N–H and O–H groups in total. The summed E-state index contributed by atoms with van der Waals surface area (Å²) in [6, 6.07) is 11.6. The topological polar surface area (TPSA) is 53.3 Å². The third kappa shape index (κ3) is 3.17. The van der Waals surface area contributed by atoms with Gasteiger partial charge in [-0.2, -0.15) is 5.26 Å². The van der Waals surface area contributed by atoms with Crippen LogP contribution in [0.5, 0.6) is 0 Å². The first kappa shape index (κ1) is 14.5. The van der Waals surface area contributed by atoms with E-state index in [0.29, 0.717) is 19.4 Å². The Hall–Kier alpha value is -1.86. The Kier molecular flexibility index (Phi) is 4.75. The van der Waals surface area contributed by atoms with Crippen LogP contribution in [0.15, 0.2) is 30.3 Å². The number of methoxy groups -OCH3 is 1. The van der Waals surface area contributed by atoms with E-state index in [1.807, 2.05) is 30.3 Å². The van der Waals surface area contributed by atoms with Crippen molar-refractivity contribution in [3.63, 3.8) is 0 Å². The number of carbonyl (C=O) groups is 1. The van der Waals surface area contributed by atoms with E-state index in [1.165, 1.54) is 0 Å². The van der Waals surface area contributed by atoms with Gasteiger partial charge in [-0.3, -0.25) is 4.79 Å². The molecule has 0 spiro atoms. The first-order valence-corrected chi connectivity index (χ1v) is 6.98. The van der Waals surface area contributed by atoms with E-state index in [1.54, 1.807) is 12.0 Å². The highest BCUT2D eigenvalue weighted by Gasteiger charge is 2.40. The molecular formula is C16H20N2O2. The molecule has 1 aromatic rings. The number of nitrogens with zero attached hydrogens (tertiary/aromatic N) is 2. The van der Waals surface area contributed by atoms with Crippen LogP contribution in [0.3, 0.4) is 0 Å². The van der Waals surface area contributed by atoms with Gasteiger partial charge in [-0.15, -0.1) is 0 Å². The molecule has 20 heavy (non-hydrogen) atoms. The SMILES string of the molecule is COC1(CC(=O)N(CCC#N)c2ccccc2)CCC1. The van der Waals surface area contributed by atoms with Gasteiger partial charge in [0.25, 0.3) is 0 Å². The first-order chi connectivity index (χ1) is 9.71. The Bertz CT molecular complexity index is 483. The standard InChI is InChI=1S/C16H20N2O2/c1-20-16(9-5-10-16)13-15(19)18(12-6-11-17)14-7-3-2-4-8-14/h2-4,7-8H,5-6,9-10,12-13H2,1H3. The maximum Gasteiger partial charge on any atom is 0.229 e. The van der Waals surface area contributed by atoms with Crippen molar-refractivity contribution in [1.82, 2.24) is 0 Å². The van der Waals surface area contributed by atoms with Crippen LogP contribution in [-0.4, -0.2) is 25.2 Å². The van der Waals surface area contributed by atoms with Crippen molar-refractivity contribution in [3.05, 3.63) is 30.3 Å². The lowest BCUT2D eigenvalue weighted by atomic mass is 9.77. The number of para-hydroxylation sites is 1. The molecule has 4 heteroatoms. The van der Waals surface area contributed by atoms with Crippen LogP contribution in [0.1, 0.15) is 32.1 Å². The number of amides is 1. The molecule has 0 unspecified atom stereocenters. The molecule has 2 rings (SSSR count). The second-order valence-corrected chi connectivity index (χ2v) is 5.21. The number of ether oxygens (including phenoxy) is 1. The van der Waals surface area contributed by atoms with Crippen LogP contribution in [0.4, 0.5) is 5.69 Å². The molecule has 1 fully saturated rings. The van der Waals surface area contributed by atoms with E-state index in [-0.39, 0.29) is 11.5 Å². The predicted molar refractivity (Wildman–Crippen MR) is 77.2 cm³/mol. The molecule has 0 heterocycles. The van der Waals surface area contributed by atoms with Gasteiger partial charge in [-0.1, -0.05) is 18.2 Å². The van der Waals surface area contributed by atoms with Crippen molar-refractivity contribution >= 4 is 11.6 Å². The number of rotatable bonds is 6. The number of carbonyl (C=O) groups excluding carboxylic acids is 1. The molecular weight excluding hydrogens is 252 g/mol. The van der Waals surface area contributed by atoms with Gasteiger partial charge in [-0.05, 0) is 31.4 Å². The monoisotopic (exact) mass is 272 g/mol. The fraction of sp³-hybridized carbons (Fsp3) is 0.500. The first-order valence-electron chi connectivity index (χ1n) is 6.98. The largest absolute Gasteiger partial charge is 0.378 e. The second-order valence-electron chi connectivity index (χ2n) is 5.21. The second kappa shape index (κ2) is 6.53. The predicted octanol–water partition coefficient (Wildman–Crippen LogP) is 2.89. The van der Waals surface area contributed by atoms with Gasteiger partial charge in [0.05, 0.1) is 24.5 Å². The maximum absolute atomic E-state index is 12.6. The number of nitriles is 1.